The van der Waals surface area contributed by atoms with Gasteiger partial charge in [-0.3, -0.25) is 0 Å². The molecule has 33 valence electrons. The summed E-state index contributed by atoms with van der Waals surface area (Å²) in [6.45, 7) is 0. The Bertz CT molecular complexity index is 11.6. The van der Waals surface area contributed by atoms with Gasteiger partial charge in [-0.1, -0.05) is 0 Å². The zero-order chi connectivity index (χ0) is 3.58. The second-order valence-electron chi connectivity index (χ2n) is 1.50. The average molecular weight is 260 g/mol. The summed E-state index contributed by atoms with van der Waals surface area (Å²) in [5.74, 6) is 0. The molecule has 5 heavy (non-hydrogen) atoms. The third-order valence-corrected chi connectivity index (χ3v) is 0. The minimum atomic E-state index is -0.657. The fourth-order valence-electron chi connectivity index (χ4n) is 0. The summed E-state index contributed by atoms with van der Waals surface area (Å²) in [5, 5.41) is 0. The van der Waals surface area contributed by atoms with Crippen molar-refractivity contribution < 1.29 is 21.4 Å². The molecule has 0 aliphatic rings. The quantitative estimate of drug-likeness (QED) is 0.585. The molecule has 0 nitrogen and oxygen atoms in total. The van der Waals surface area contributed by atoms with E-state index in [0.717, 1.165) is 0 Å². The van der Waals surface area contributed by atoms with Gasteiger partial charge in [0.25, 0.3) is 0 Å². The van der Waals surface area contributed by atoms with Crippen LogP contribution in [0.15, 0.2) is 0 Å². The maximum absolute atomic E-state index is 2.38. The molecule has 0 unspecified atom stereocenters. The van der Waals surface area contributed by atoms with Crippen molar-refractivity contribution >= 4 is 12.4 Å². The van der Waals surface area contributed by atoms with Crippen molar-refractivity contribution in [3.8, 4) is 0 Å². The van der Waals surface area contributed by atoms with Crippen LogP contribution in [0, 0.1) is 0 Å². The van der Waals surface area contributed by atoms with Crippen LogP contribution >= 0.6 is 12.4 Å². The van der Waals surface area contributed by atoms with Crippen LogP contribution in [-0.2, 0) is 21.4 Å². The van der Waals surface area contributed by atoms with Crippen molar-refractivity contribution in [1.29, 1.82) is 0 Å². The third kappa shape index (κ3) is 38.3. The van der Waals surface area contributed by atoms with E-state index in [0.29, 0.717) is 0 Å². The predicted molar refractivity (Wildman–Crippen MR) is 24.8 cm³/mol. The van der Waals surface area contributed by atoms with Crippen LogP contribution in [0.3, 0.4) is 0 Å². The monoisotopic (exact) mass is 261 g/mol. The zero-order valence-electron chi connectivity index (χ0n) is 3.91. The summed E-state index contributed by atoms with van der Waals surface area (Å²) in [6, 6.07) is 0. The molecular weight excluding hydrogens is 250 g/mol. The number of hydrogen-bond donors (Lipinski definition) is 0. The van der Waals surface area contributed by atoms with Crippen LogP contribution in [0.5, 0.6) is 0 Å². The summed E-state index contributed by atoms with van der Waals surface area (Å²) >= 11 is -0.657. The molecule has 0 fully saturated rings. The van der Waals surface area contributed by atoms with Gasteiger partial charge >= 0.3 is 35.5 Å². The average Bonchev–Trinajstić information content (AvgIpc) is 0.811. The van der Waals surface area contributed by atoms with E-state index in [1.54, 1.807) is 0 Å². The van der Waals surface area contributed by atoms with Gasteiger partial charge in [-0.25, -0.2) is 0 Å². The Labute approximate surface area is 47.9 Å². The van der Waals surface area contributed by atoms with Crippen molar-refractivity contribution in [3.05, 3.63) is 0 Å². The second kappa shape index (κ2) is 5.16. The van der Waals surface area contributed by atoms with Crippen molar-refractivity contribution in [2.75, 3.05) is 0 Å². The normalized spacial score (nSPS) is 5.40. The standard InChI is InChI=1S/3CH3.ClH.Hf/h3*1H3;1H;. The topological polar surface area (TPSA) is 0 Å². The first-order valence-electron chi connectivity index (χ1n) is 1.50. The molecule has 0 aromatic rings. The Kier molecular flexibility index (Phi) is 9.78. The Hall–Kier alpha value is 1.16. The summed E-state index contributed by atoms with van der Waals surface area (Å²) in [5.41, 5.74) is 0. The molecule has 0 rings (SSSR count). The van der Waals surface area contributed by atoms with E-state index in [2.05, 4.69) is 14.0 Å². The van der Waals surface area contributed by atoms with E-state index in [1.165, 1.54) is 0 Å². The molecule has 0 N–H and O–H groups in total. The van der Waals surface area contributed by atoms with E-state index in [4.69, 9.17) is 0 Å². The fraction of sp³-hybridized carbons (Fsp3) is 1.00. The Balaban J connectivity index is 0. The van der Waals surface area contributed by atoms with Crippen LogP contribution in [0.25, 0.3) is 0 Å². The maximum atomic E-state index is 2.38. The van der Waals surface area contributed by atoms with E-state index in [1.807, 2.05) is 0 Å². The zero-order valence-corrected chi connectivity index (χ0v) is 8.32. The van der Waals surface area contributed by atoms with E-state index < -0.39 is 21.4 Å². The third-order valence-electron chi connectivity index (χ3n) is 0. The first-order chi connectivity index (χ1) is 1.73. The van der Waals surface area contributed by atoms with Crippen molar-refractivity contribution in [1.82, 2.24) is 0 Å². The van der Waals surface area contributed by atoms with Crippen LogP contribution in [0.2, 0.25) is 14.0 Å². The van der Waals surface area contributed by atoms with Gasteiger partial charge in [-0.2, -0.15) is 0 Å². The van der Waals surface area contributed by atoms with Crippen LogP contribution in [0.1, 0.15) is 0 Å². The molecule has 0 heterocycles. The van der Waals surface area contributed by atoms with Crippen molar-refractivity contribution in [2.45, 2.75) is 14.0 Å². The van der Waals surface area contributed by atoms with Crippen LogP contribution in [-0.4, -0.2) is 0 Å². The number of halogens is 1. The Morgan fingerprint density at radius 2 is 1.00 bits per heavy atom. The first-order valence-corrected chi connectivity index (χ1v) is 12.3. The van der Waals surface area contributed by atoms with Gasteiger partial charge in [0.15, 0.2) is 0 Å². The Morgan fingerprint density at radius 1 is 1.00 bits per heavy atom. The molecule has 0 aliphatic heterocycles. The molecule has 0 radical (unpaired) electrons. The molecule has 0 bridgehead atoms. The number of rotatable bonds is 0. The first kappa shape index (κ1) is 9.48. The van der Waals surface area contributed by atoms with E-state index >= 15 is 0 Å². The minimum absolute atomic E-state index is 0. The molecular formula is C3H10ClHf. The summed E-state index contributed by atoms with van der Waals surface area (Å²) in [6.07, 6.45) is 0. The van der Waals surface area contributed by atoms with Gasteiger partial charge in [0.2, 0.25) is 0 Å². The number of hydrogen-bond acceptors (Lipinski definition) is 0. The molecule has 0 atom stereocenters. The van der Waals surface area contributed by atoms with Gasteiger partial charge in [0.05, 0.1) is 0 Å². The van der Waals surface area contributed by atoms with Gasteiger partial charge in [-0.15, -0.1) is 12.4 Å². The fourth-order valence-corrected chi connectivity index (χ4v) is 0. The van der Waals surface area contributed by atoms with Gasteiger partial charge in [0.1, 0.15) is 0 Å². The molecule has 0 aromatic carbocycles. The van der Waals surface area contributed by atoms with Gasteiger partial charge in [0, 0.05) is 0 Å². The Morgan fingerprint density at radius 3 is 1.00 bits per heavy atom. The molecule has 2 heteroatoms. The van der Waals surface area contributed by atoms with Crippen molar-refractivity contribution in [3.63, 3.8) is 0 Å². The van der Waals surface area contributed by atoms with E-state index in [9.17, 15) is 0 Å². The molecule has 0 aliphatic carbocycles. The molecule has 0 spiro atoms. The van der Waals surface area contributed by atoms with Crippen molar-refractivity contribution in [2.24, 2.45) is 0 Å². The van der Waals surface area contributed by atoms with Gasteiger partial charge < -0.3 is 0 Å². The SMILES string of the molecule is Cl.[CH3][Hf]([CH3])[CH3]. The predicted octanol–water partition coefficient (Wildman–Crippen LogP) is 2.17. The summed E-state index contributed by atoms with van der Waals surface area (Å²) < 4.78 is 7.14. The summed E-state index contributed by atoms with van der Waals surface area (Å²) in [4.78, 5) is 0. The van der Waals surface area contributed by atoms with Crippen LogP contribution < -0.4 is 0 Å². The summed E-state index contributed by atoms with van der Waals surface area (Å²) in [7, 11) is 0. The molecule has 0 amide bonds. The van der Waals surface area contributed by atoms with E-state index in [-0.39, 0.29) is 12.4 Å². The molecule has 0 saturated heterocycles. The second-order valence-corrected chi connectivity index (χ2v) is 12.3. The van der Waals surface area contributed by atoms with Crippen LogP contribution in [0.4, 0.5) is 0 Å². The van der Waals surface area contributed by atoms with Gasteiger partial charge in [-0.05, 0) is 0 Å². The molecule has 0 aromatic heterocycles. The molecule has 0 saturated carbocycles.